The maximum absolute atomic E-state index is 12.7. The fraction of sp³-hybridized carbons (Fsp3) is 0.526. The van der Waals surface area contributed by atoms with E-state index < -0.39 is 0 Å². The molecular weight excluding hydrogens is 302 g/mol. The van der Waals surface area contributed by atoms with Crippen LogP contribution in [0.5, 0.6) is 0 Å². The van der Waals surface area contributed by atoms with Gasteiger partial charge in [-0.1, -0.05) is 33.1 Å². The molecule has 0 radical (unpaired) electrons. The van der Waals surface area contributed by atoms with Gasteiger partial charge in [0.1, 0.15) is 5.82 Å². The van der Waals surface area contributed by atoms with Crippen molar-refractivity contribution in [3.8, 4) is 11.3 Å². The molecule has 2 aromatic rings. The van der Waals surface area contributed by atoms with Crippen LogP contribution in [-0.4, -0.2) is 22.9 Å². The van der Waals surface area contributed by atoms with Crippen molar-refractivity contribution in [3.63, 3.8) is 0 Å². The van der Waals surface area contributed by atoms with E-state index in [0.29, 0.717) is 11.6 Å². The van der Waals surface area contributed by atoms with Crippen molar-refractivity contribution in [3.05, 3.63) is 30.4 Å². The van der Waals surface area contributed by atoms with Crippen LogP contribution in [0.2, 0.25) is 0 Å². The van der Waals surface area contributed by atoms with E-state index in [-0.39, 0.29) is 17.7 Å². The molecule has 1 saturated carbocycles. The zero-order chi connectivity index (χ0) is 17.1. The third kappa shape index (κ3) is 3.50. The zero-order valence-corrected chi connectivity index (χ0v) is 14.7. The summed E-state index contributed by atoms with van der Waals surface area (Å²) >= 11 is 0. The maximum atomic E-state index is 12.7. The van der Waals surface area contributed by atoms with E-state index in [1.165, 1.54) is 6.42 Å². The van der Waals surface area contributed by atoms with Gasteiger partial charge in [-0.2, -0.15) is 0 Å². The van der Waals surface area contributed by atoms with Crippen molar-refractivity contribution in [1.82, 2.24) is 9.97 Å². The number of aromatic nitrogens is 2. The lowest BCUT2D eigenvalue weighted by Crippen LogP contribution is -2.34. The average molecular weight is 327 g/mol. The van der Waals surface area contributed by atoms with Crippen molar-refractivity contribution >= 4 is 11.7 Å². The van der Waals surface area contributed by atoms with Crippen LogP contribution in [0.1, 0.15) is 57.8 Å². The number of carbonyl (C=O) groups is 1. The summed E-state index contributed by atoms with van der Waals surface area (Å²) in [5.41, 5.74) is 0.891. The summed E-state index contributed by atoms with van der Waals surface area (Å²) in [6, 6.07) is 3.78. The van der Waals surface area contributed by atoms with Crippen molar-refractivity contribution in [1.29, 1.82) is 0 Å². The molecule has 0 atom stereocenters. The van der Waals surface area contributed by atoms with Crippen molar-refractivity contribution in [2.24, 2.45) is 5.92 Å². The van der Waals surface area contributed by atoms with Crippen LogP contribution >= 0.6 is 0 Å². The SMILES string of the molecule is CC(C)c1ncc(-c2ccnc(N(C)C(=O)C3CCCCC3)c2)o1. The van der Waals surface area contributed by atoms with E-state index in [4.69, 9.17) is 4.42 Å². The highest BCUT2D eigenvalue weighted by Crippen LogP contribution is 2.29. The van der Waals surface area contributed by atoms with Gasteiger partial charge in [-0.15, -0.1) is 0 Å². The van der Waals surface area contributed by atoms with Gasteiger partial charge in [0, 0.05) is 30.6 Å². The van der Waals surface area contributed by atoms with Crippen LogP contribution in [0.15, 0.2) is 28.9 Å². The van der Waals surface area contributed by atoms with E-state index in [1.54, 1.807) is 17.3 Å². The van der Waals surface area contributed by atoms with Crippen LogP contribution in [0.4, 0.5) is 5.82 Å². The van der Waals surface area contributed by atoms with Crippen LogP contribution in [0.25, 0.3) is 11.3 Å². The predicted molar refractivity (Wildman–Crippen MR) is 93.8 cm³/mol. The lowest BCUT2D eigenvalue weighted by atomic mass is 9.88. The fourth-order valence-electron chi connectivity index (χ4n) is 3.18. The summed E-state index contributed by atoms with van der Waals surface area (Å²) < 4.78 is 5.80. The maximum Gasteiger partial charge on any atom is 0.230 e. The molecule has 5 heteroatoms. The Kier molecular flexibility index (Phi) is 4.97. The predicted octanol–water partition coefficient (Wildman–Crippen LogP) is 4.40. The number of hydrogen-bond donors (Lipinski definition) is 0. The van der Waals surface area contributed by atoms with Crippen molar-refractivity contribution in [2.75, 3.05) is 11.9 Å². The Morgan fingerprint density at radius 3 is 2.67 bits per heavy atom. The van der Waals surface area contributed by atoms with Crippen LogP contribution < -0.4 is 4.90 Å². The molecule has 0 aromatic carbocycles. The van der Waals surface area contributed by atoms with E-state index in [9.17, 15) is 4.79 Å². The first-order chi connectivity index (χ1) is 11.6. The third-order valence-corrected chi connectivity index (χ3v) is 4.68. The van der Waals surface area contributed by atoms with Crippen molar-refractivity contribution in [2.45, 2.75) is 51.9 Å². The quantitative estimate of drug-likeness (QED) is 0.835. The molecule has 2 aromatic heterocycles. The molecule has 5 nitrogen and oxygen atoms in total. The first kappa shape index (κ1) is 16.7. The number of carbonyl (C=O) groups excluding carboxylic acids is 1. The Bertz CT molecular complexity index is 702. The number of oxazole rings is 1. The summed E-state index contributed by atoms with van der Waals surface area (Å²) in [6.45, 7) is 4.09. The lowest BCUT2D eigenvalue weighted by molar-refractivity contribution is -0.123. The largest absolute Gasteiger partial charge is 0.440 e. The molecule has 1 aliphatic rings. The van der Waals surface area contributed by atoms with Crippen LogP contribution in [0, 0.1) is 5.92 Å². The Morgan fingerprint density at radius 1 is 1.25 bits per heavy atom. The first-order valence-corrected chi connectivity index (χ1v) is 8.76. The molecule has 0 spiro atoms. The molecular formula is C19H25N3O2. The topological polar surface area (TPSA) is 59.2 Å². The van der Waals surface area contributed by atoms with Gasteiger partial charge in [0.25, 0.3) is 0 Å². The van der Waals surface area contributed by atoms with Gasteiger partial charge in [-0.25, -0.2) is 9.97 Å². The van der Waals surface area contributed by atoms with E-state index in [0.717, 1.165) is 37.1 Å². The highest BCUT2D eigenvalue weighted by molar-refractivity contribution is 5.94. The number of nitrogens with zero attached hydrogens (tertiary/aromatic N) is 3. The average Bonchev–Trinajstić information content (AvgIpc) is 3.12. The second-order valence-corrected chi connectivity index (χ2v) is 6.85. The standard InChI is InChI=1S/C19H25N3O2/c1-13(2)18-21-12-16(24-18)15-9-10-20-17(11-15)22(3)19(23)14-7-5-4-6-8-14/h9-14H,4-8H2,1-3H3. The summed E-state index contributed by atoms with van der Waals surface area (Å²) in [7, 11) is 1.81. The summed E-state index contributed by atoms with van der Waals surface area (Å²) in [4.78, 5) is 23.0. The van der Waals surface area contributed by atoms with Gasteiger partial charge in [0.15, 0.2) is 11.7 Å². The number of hydrogen-bond acceptors (Lipinski definition) is 4. The van der Waals surface area contributed by atoms with Crippen molar-refractivity contribution < 1.29 is 9.21 Å². The fourth-order valence-corrected chi connectivity index (χ4v) is 3.18. The van der Waals surface area contributed by atoms with Gasteiger partial charge in [0.2, 0.25) is 5.91 Å². The molecule has 0 saturated heterocycles. The van der Waals surface area contributed by atoms with Gasteiger partial charge < -0.3 is 4.42 Å². The van der Waals surface area contributed by atoms with Gasteiger partial charge in [-0.3, -0.25) is 9.69 Å². The molecule has 0 bridgehead atoms. The zero-order valence-electron chi connectivity index (χ0n) is 14.7. The number of rotatable bonds is 4. The van der Waals surface area contributed by atoms with Gasteiger partial charge in [0.05, 0.1) is 6.20 Å². The third-order valence-electron chi connectivity index (χ3n) is 4.68. The molecule has 0 aliphatic heterocycles. The Hall–Kier alpha value is -2.17. The van der Waals surface area contributed by atoms with Crippen LogP contribution in [-0.2, 0) is 4.79 Å². The monoisotopic (exact) mass is 327 g/mol. The van der Waals surface area contributed by atoms with Gasteiger partial charge >= 0.3 is 0 Å². The van der Waals surface area contributed by atoms with E-state index in [1.807, 2.05) is 33.0 Å². The molecule has 3 rings (SSSR count). The highest BCUT2D eigenvalue weighted by atomic mass is 16.4. The Balaban J connectivity index is 1.79. The molecule has 0 unspecified atom stereocenters. The second kappa shape index (κ2) is 7.16. The number of pyridine rings is 1. The molecule has 1 aliphatic carbocycles. The first-order valence-electron chi connectivity index (χ1n) is 8.76. The smallest absolute Gasteiger partial charge is 0.230 e. The molecule has 24 heavy (non-hydrogen) atoms. The Labute approximate surface area is 143 Å². The van der Waals surface area contributed by atoms with Gasteiger partial charge in [-0.05, 0) is 25.0 Å². The second-order valence-electron chi connectivity index (χ2n) is 6.85. The summed E-state index contributed by atoms with van der Waals surface area (Å²) in [6.07, 6.45) is 8.96. The minimum Gasteiger partial charge on any atom is -0.440 e. The summed E-state index contributed by atoms with van der Waals surface area (Å²) in [5, 5.41) is 0. The minimum atomic E-state index is 0.132. The van der Waals surface area contributed by atoms with E-state index in [2.05, 4.69) is 9.97 Å². The highest BCUT2D eigenvalue weighted by Gasteiger charge is 2.25. The molecule has 1 fully saturated rings. The molecule has 2 heterocycles. The van der Waals surface area contributed by atoms with Crippen LogP contribution in [0.3, 0.4) is 0 Å². The molecule has 0 N–H and O–H groups in total. The molecule has 1 amide bonds. The number of anilines is 1. The molecule has 128 valence electrons. The Morgan fingerprint density at radius 2 is 2.00 bits per heavy atom. The van der Waals surface area contributed by atoms with E-state index >= 15 is 0 Å². The minimum absolute atomic E-state index is 0.132. The normalized spacial score (nSPS) is 15.7. The number of amides is 1. The lowest BCUT2D eigenvalue weighted by Gasteiger charge is -2.26. The summed E-state index contributed by atoms with van der Waals surface area (Å²) in [5.74, 6) is 2.63.